The maximum Gasteiger partial charge on any atom is 0.119 e. The number of aryl methyl sites for hydroxylation is 1. The lowest BCUT2D eigenvalue weighted by Crippen LogP contribution is -2.02. The van der Waals surface area contributed by atoms with Crippen LogP contribution in [0.2, 0.25) is 0 Å². The first-order valence-corrected chi connectivity index (χ1v) is 7.24. The van der Waals surface area contributed by atoms with Gasteiger partial charge in [0, 0.05) is 0 Å². The molecule has 0 N–H and O–H groups in total. The lowest BCUT2D eigenvalue weighted by Gasteiger charge is -2.08. The van der Waals surface area contributed by atoms with Gasteiger partial charge in [-0.15, -0.1) is 0 Å². The highest BCUT2D eigenvalue weighted by Gasteiger charge is 1.97. The first-order chi connectivity index (χ1) is 10.3. The maximum atomic E-state index is 5.67. The van der Waals surface area contributed by atoms with Gasteiger partial charge in [0.1, 0.15) is 17.2 Å². The lowest BCUT2D eigenvalue weighted by molar-refractivity contribution is 0.266. The molecule has 112 valence electrons. The first-order valence-electron chi connectivity index (χ1n) is 7.24. The van der Waals surface area contributed by atoms with Crippen molar-refractivity contribution < 1.29 is 14.2 Å². The topological polar surface area (TPSA) is 27.7 Å². The predicted octanol–water partition coefficient (Wildman–Crippen LogP) is 4.24. The van der Waals surface area contributed by atoms with E-state index in [1.807, 2.05) is 36.4 Å². The fraction of sp³-hybridized carbons (Fsp3) is 0.333. The van der Waals surface area contributed by atoms with E-state index in [1.54, 1.807) is 7.11 Å². The Morgan fingerprint density at radius 1 is 0.667 bits per heavy atom. The number of unbranched alkanes of at least 4 members (excludes halogenated alkanes) is 1. The highest BCUT2D eigenvalue weighted by molar-refractivity contribution is 5.31. The molecule has 0 saturated heterocycles. The van der Waals surface area contributed by atoms with Gasteiger partial charge in [0.15, 0.2) is 0 Å². The molecule has 3 nitrogen and oxygen atoms in total. The SMILES string of the molecule is COc1ccc(OCCCCOc2ccc(C)cc2)cc1. The van der Waals surface area contributed by atoms with Gasteiger partial charge in [-0.2, -0.15) is 0 Å². The van der Waals surface area contributed by atoms with Crippen LogP contribution in [0.5, 0.6) is 17.2 Å². The molecule has 0 unspecified atom stereocenters. The second kappa shape index (κ2) is 8.20. The van der Waals surface area contributed by atoms with Crippen LogP contribution < -0.4 is 14.2 Å². The van der Waals surface area contributed by atoms with Gasteiger partial charge < -0.3 is 14.2 Å². The number of benzene rings is 2. The molecule has 0 heterocycles. The summed E-state index contributed by atoms with van der Waals surface area (Å²) in [5.41, 5.74) is 1.25. The minimum Gasteiger partial charge on any atom is -0.497 e. The van der Waals surface area contributed by atoms with E-state index in [4.69, 9.17) is 14.2 Å². The van der Waals surface area contributed by atoms with Gasteiger partial charge in [-0.1, -0.05) is 17.7 Å². The van der Waals surface area contributed by atoms with Crippen molar-refractivity contribution in [1.29, 1.82) is 0 Å². The standard InChI is InChI=1S/C18H22O3/c1-15-5-7-17(8-6-15)20-13-3-4-14-21-18-11-9-16(19-2)10-12-18/h5-12H,3-4,13-14H2,1-2H3. The third kappa shape index (κ3) is 5.38. The zero-order valence-electron chi connectivity index (χ0n) is 12.7. The highest BCUT2D eigenvalue weighted by atomic mass is 16.5. The molecule has 0 spiro atoms. The molecule has 0 radical (unpaired) electrons. The van der Waals surface area contributed by atoms with Crippen molar-refractivity contribution in [3.63, 3.8) is 0 Å². The third-order valence-electron chi connectivity index (χ3n) is 3.16. The van der Waals surface area contributed by atoms with Gasteiger partial charge in [-0.3, -0.25) is 0 Å². The van der Waals surface area contributed by atoms with Gasteiger partial charge in [0.2, 0.25) is 0 Å². The van der Waals surface area contributed by atoms with E-state index in [1.165, 1.54) is 5.56 Å². The molecular formula is C18H22O3. The molecule has 0 bridgehead atoms. The van der Waals surface area contributed by atoms with Crippen LogP contribution in [0.1, 0.15) is 18.4 Å². The first kappa shape index (κ1) is 15.2. The van der Waals surface area contributed by atoms with Crippen molar-refractivity contribution in [1.82, 2.24) is 0 Å². The molecule has 2 aromatic carbocycles. The van der Waals surface area contributed by atoms with Crippen LogP contribution in [0, 0.1) is 6.92 Å². The van der Waals surface area contributed by atoms with Crippen molar-refractivity contribution in [2.24, 2.45) is 0 Å². The zero-order chi connectivity index (χ0) is 14.9. The molecular weight excluding hydrogens is 264 g/mol. The van der Waals surface area contributed by atoms with Crippen molar-refractivity contribution in [3.05, 3.63) is 54.1 Å². The van der Waals surface area contributed by atoms with E-state index in [0.717, 1.165) is 36.7 Å². The monoisotopic (exact) mass is 286 g/mol. The summed E-state index contributed by atoms with van der Waals surface area (Å²) in [6, 6.07) is 15.8. The lowest BCUT2D eigenvalue weighted by atomic mass is 10.2. The Hall–Kier alpha value is -2.16. The van der Waals surface area contributed by atoms with Gasteiger partial charge in [-0.05, 0) is 56.2 Å². The van der Waals surface area contributed by atoms with Crippen molar-refractivity contribution in [2.45, 2.75) is 19.8 Å². The number of hydrogen-bond donors (Lipinski definition) is 0. The molecule has 0 aliphatic carbocycles. The molecule has 0 amide bonds. The van der Waals surface area contributed by atoms with Crippen LogP contribution in [-0.2, 0) is 0 Å². The average Bonchev–Trinajstić information content (AvgIpc) is 2.53. The van der Waals surface area contributed by atoms with E-state index in [0.29, 0.717) is 6.61 Å². The Labute approximate surface area is 126 Å². The summed E-state index contributed by atoms with van der Waals surface area (Å²) < 4.78 is 16.4. The van der Waals surface area contributed by atoms with Crippen LogP contribution in [0.15, 0.2) is 48.5 Å². The summed E-state index contributed by atoms with van der Waals surface area (Å²) >= 11 is 0. The number of hydrogen-bond acceptors (Lipinski definition) is 3. The Morgan fingerprint density at radius 2 is 1.10 bits per heavy atom. The summed E-state index contributed by atoms with van der Waals surface area (Å²) in [6.45, 7) is 3.49. The van der Waals surface area contributed by atoms with Crippen LogP contribution in [0.25, 0.3) is 0 Å². The van der Waals surface area contributed by atoms with Gasteiger partial charge in [0.05, 0.1) is 20.3 Å². The average molecular weight is 286 g/mol. The fourth-order valence-electron chi connectivity index (χ4n) is 1.89. The van der Waals surface area contributed by atoms with Gasteiger partial charge >= 0.3 is 0 Å². The smallest absolute Gasteiger partial charge is 0.119 e. The summed E-state index contributed by atoms with van der Waals surface area (Å²) in [6.07, 6.45) is 1.95. The molecule has 0 aromatic heterocycles. The summed E-state index contributed by atoms with van der Waals surface area (Å²) in [7, 11) is 1.66. The Bertz CT molecular complexity index is 517. The molecule has 0 aliphatic heterocycles. The number of rotatable bonds is 8. The van der Waals surface area contributed by atoms with Crippen LogP contribution >= 0.6 is 0 Å². The molecule has 0 saturated carbocycles. The van der Waals surface area contributed by atoms with Crippen LogP contribution in [0.3, 0.4) is 0 Å². The fourth-order valence-corrected chi connectivity index (χ4v) is 1.89. The Balaban J connectivity index is 1.58. The quantitative estimate of drug-likeness (QED) is 0.679. The normalized spacial score (nSPS) is 10.2. The second-order valence-corrected chi connectivity index (χ2v) is 4.89. The molecule has 0 fully saturated rings. The predicted molar refractivity (Wildman–Crippen MR) is 84.4 cm³/mol. The van der Waals surface area contributed by atoms with E-state index >= 15 is 0 Å². The van der Waals surface area contributed by atoms with Crippen molar-refractivity contribution in [2.75, 3.05) is 20.3 Å². The van der Waals surface area contributed by atoms with E-state index in [-0.39, 0.29) is 0 Å². The minimum absolute atomic E-state index is 0.698. The number of methoxy groups -OCH3 is 1. The summed E-state index contributed by atoms with van der Waals surface area (Å²) in [4.78, 5) is 0. The van der Waals surface area contributed by atoms with Crippen LogP contribution in [0.4, 0.5) is 0 Å². The highest BCUT2D eigenvalue weighted by Crippen LogP contribution is 2.17. The maximum absolute atomic E-state index is 5.67. The van der Waals surface area contributed by atoms with Gasteiger partial charge in [0.25, 0.3) is 0 Å². The van der Waals surface area contributed by atoms with Gasteiger partial charge in [-0.25, -0.2) is 0 Å². The molecule has 0 atom stereocenters. The zero-order valence-corrected chi connectivity index (χ0v) is 12.7. The third-order valence-corrected chi connectivity index (χ3v) is 3.16. The molecule has 2 rings (SSSR count). The van der Waals surface area contributed by atoms with E-state index in [9.17, 15) is 0 Å². The molecule has 21 heavy (non-hydrogen) atoms. The Kier molecular flexibility index (Phi) is 5.95. The van der Waals surface area contributed by atoms with Crippen molar-refractivity contribution in [3.8, 4) is 17.2 Å². The second-order valence-electron chi connectivity index (χ2n) is 4.89. The minimum atomic E-state index is 0.698. The van der Waals surface area contributed by atoms with Crippen LogP contribution in [-0.4, -0.2) is 20.3 Å². The summed E-state index contributed by atoms with van der Waals surface area (Å²) in [5, 5.41) is 0. The molecule has 3 heteroatoms. The Morgan fingerprint density at radius 3 is 1.57 bits per heavy atom. The number of ether oxygens (including phenoxy) is 3. The van der Waals surface area contributed by atoms with Crippen molar-refractivity contribution >= 4 is 0 Å². The van der Waals surface area contributed by atoms with E-state index in [2.05, 4.69) is 19.1 Å². The molecule has 2 aromatic rings. The summed E-state index contributed by atoms with van der Waals surface area (Å²) in [5.74, 6) is 2.64. The largest absolute Gasteiger partial charge is 0.497 e. The van der Waals surface area contributed by atoms with E-state index < -0.39 is 0 Å². The molecule has 0 aliphatic rings.